The van der Waals surface area contributed by atoms with Gasteiger partial charge in [0, 0.05) is 37.2 Å². The molecule has 8 heteroatoms. The lowest BCUT2D eigenvalue weighted by Crippen LogP contribution is -2.49. The molecule has 1 aliphatic rings. The smallest absolute Gasteiger partial charge is 0.358 e. The highest BCUT2D eigenvalue weighted by atomic mass is 32.1. The van der Waals surface area contributed by atoms with Crippen molar-refractivity contribution in [2.45, 2.75) is 0 Å². The van der Waals surface area contributed by atoms with Crippen LogP contribution in [0.5, 0.6) is 0 Å². The third-order valence-corrected chi connectivity index (χ3v) is 6.41. The number of aromatic nitrogens is 1. The molecule has 28 heavy (non-hydrogen) atoms. The summed E-state index contributed by atoms with van der Waals surface area (Å²) in [5.74, 6) is -0.731. The molecule has 1 amide bonds. The Morgan fingerprint density at radius 3 is 2.50 bits per heavy atom. The standard InChI is InChI=1S/C20H19N3O3S2/c24-18(23-10-8-22(9-11-23)15-5-2-1-3-6-15)13-26-20(25)16-14-28-19(21-16)17-7-4-12-27-17/h1-7,12,14H,8-11,13H2. The summed E-state index contributed by atoms with van der Waals surface area (Å²) >= 11 is 2.96. The lowest BCUT2D eigenvalue weighted by atomic mass is 10.2. The van der Waals surface area contributed by atoms with Gasteiger partial charge >= 0.3 is 5.97 Å². The van der Waals surface area contributed by atoms with Gasteiger partial charge < -0.3 is 14.5 Å². The zero-order valence-corrected chi connectivity index (χ0v) is 16.7. The SMILES string of the molecule is O=C(OCC(=O)N1CCN(c2ccccc2)CC1)c1csc(-c2cccs2)n1. The van der Waals surface area contributed by atoms with Crippen LogP contribution >= 0.6 is 22.7 Å². The van der Waals surface area contributed by atoms with E-state index in [-0.39, 0.29) is 18.2 Å². The molecule has 0 N–H and O–H groups in total. The number of piperazine rings is 1. The summed E-state index contributed by atoms with van der Waals surface area (Å²) in [7, 11) is 0. The minimum Gasteiger partial charge on any atom is -0.451 e. The van der Waals surface area contributed by atoms with E-state index in [0.717, 1.165) is 28.7 Å². The minimum absolute atomic E-state index is 0.172. The predicted molar refractivity (Wildman–Crippen MR) is 111 cm³/mol. The van der Waals surface area contributed by atoms with E-state index in [1.165, 1.54) is 11.3 Å². The van der Waals surface area contributed by atoms with Crippen LogP contribution < -0.4 is 4.90 Å². The Kier molecular flexibility index (Phi) is 5.68. The first-order chi connectivity index (χ1) is 13.7. The Bertz CT molecular complexity index is 933. The van der Waals surface area contributed by atoms with Crippen LogP contribution in [-0.2, 0) is 9.53 Å². The molecule has 0 radical (unpaired) electrons. The second-order valence-corrected chi connectivity index (χ2v) is 8.10. The highest BCUT2D eigenvalue weighted by molar-refractivity contribution is 7.20. The summed E-state index contributed by atoms with van der Waals surface area (Å²) < 4.78 is 5.19. The van der Waals surface area contributed by atoms with Gasteiger partial charge in [-0.25, -0.2) is 9.78 Å². The van der Waals surface area contributed by atoms with E-state index in [1.54, 1.807) is 21.6 Å². The van der Waals surface area contributed by atoms with E-state index in [1.807, 2.05) is 35.7 Å². The van der Waals surface area contributed by atoms with Crippen LogP contribution in [0.15, 0.2) is 53.2 Å². The van der Waals surface area contributed by atoms with Crippen molar-refractivity contribution in [3.63, 3.8) is 0 Å². The summed E-state index contributed by atoms with van der Waals surface area (Å²) in [6.45, 7) is 2.50. The number of amides is 1. The molecular weight excluding hydrogens is 394 g/mol. The molecular formula is C20H19N3O3S2. The molecule has 3 aromatic rings. The van der Waals surface area contributed by atoms with Gasteiger partial charge in [-0.15, -0.1) is 22.7 Å². The molecule has 144 valence electrons. The number of esters is 1. The molecule has 0 saturated carbocycles. The van der Waals surface area contributed by atoms with Crippen molar-refractivity contribution in [1.82, 2.24) is 9.88 Å². The van der Waals surface area contributed by atoms with Gasteiger partial charge in [-0.05, 0) is 23.6 Å². The quantitative estimate of drug-likeness (QED) is 0.600. The third-order valence-electron chi connectivity index (χ3n) is 4.53. The van der Waals surface area contributed by atoms with E-state index in [4.69, 9.17) is 4.74 Å². The average Bonchev–Trinajstić information content (AvgIpc) is 3.44. The molecule has 0 aliphatic carbocycles. The number of hydrogen-bond donors (Lipinski definition) is 0. The Hall–Kier alpha value is -2.71. The van der Waals surface area contributed by atoms with Gasteiger partial charge in [-0.2, -0.15) is 0 Å². The largest absolute Gasteiger partial charge is 0.451 e. The zero-order valence-electron chi connectivity index (χ0n) is 15.1. The number of ether oxygens (including phenoxy) is 1. The fourth-order valence-electron chi connectivity index (χ4n) is 3.03. The predicted octanol–water partition coefficient (Wildman–Crippen LogP) is 3.38. The monoisotopic (exact) mass is 413 g/mol. The molecule has 1 aromatic carbocycles. The average molecular weight is 414 g/mol. The molecule has 1 aliphatic heterocycles. The summed E-state index contributed by atoms with van der Waals surface area (Å²) in [5, 5.41) is 4.41. The van der Waals surface area contributed by atoms with Crippen LogP contribution in [0.25, 0.3) is 9.88 Å². The van der Waals surface area contributed by atoms with Gasteiger partial charge in [0.25, 0.3) is 5.91 Å². The maximum atomic E-state index is 12.4. The molecule has 1 fully saturated rings. The Morgan fingerprint density at radius 2 is 1.79 bits per heavy atom. The van der Waals surface area contributed by atoms with Gasteiger partial charge in [0.1, 0.15) is 5.01 Å². The van der Waals surface area contributed by atoms with Crippen LogP contribution in [0.3, 0.4) is 0 Å². The van der Waals surface area contributed by atoms with Crippen molar-refractivity contribution in [3.05, 3.63) is 58.9 Å². The maximum Gasteiger partial charge on any atom is 0.358 e. The van der Waals surface area contributed by atoms with E-state index in [0.29, 0.717) is 13.1 Å². The highest BCUT2D eigenvalue weighted by Gasteiger charge is 2.23. The first kappa shape index (κ1) is 18.6. The number of carbonyl (C=O) groups excluding carboxylic acids is 2. The molecule has 2 aromatic heterocycles. The minimum atomic E-state index is -0.560. The van der Waals surface area contributed by atoms with Crippen molar-refractivity contribution < 1.29 is 14.3 Å². The molecule has 4 rings (SSSR count). The topological polar surface area (TPSA) is 62.7 Å². The van der Waals surface area contributed by atoms with Crippen molar-refractivity contribution in [2.24, 2.45) is 0 Å². The second kappa shape index (κ2) is 8.53. The van der Waals surface area contributed by atoms with E-state index >= 15 is 0 Å². The number of para-hydroxylation sites is 1. The molecule has 1 saturated heterocycles. The van der Waals surface area contributed by atoms with Gasteiger partial charge in [0.2, 0.25) is 0 Å². The molecule has 6 nitrogen and oxygen atoms in total. The lowest BCUT2D eigenvalue weighted by molar-refractivity contribution is -0.134. The fraction of sp³-hybridized carbons (Fsp3) is 0.250. The summed E-state index contributed by atoms with van der Waals surface area (Å²) in [6.07, 6.45) is 0. The number of thiazole rings is 1. The van der Waals surface area contributed by atoms with Gasteiger partial charge in [-0.1, -0.05) is 24.3 Å². The van der Waals surface area contributed by atoms with Gasteiger partial charge in [0.15, 0.2) is 12.3 Å². The van der Waals surface area contributed by atoms with Gasteiger partial charge in [-0.3, -0.25) is 4.79 Å². The molecule has 0 unspecified atom stereocenters. The van der Waals surface area contributed by atoms with Crippen LogP contribution in [0.1, 0.15) is 10.5 Å². The van der Waals surface area contributed by atoms with Crippen LogP contribution in [-0.4, -0.2) is 54.5 Å². The van der Waals surface area contributed by atoms with E-state index in [9.17, 15) is 9.59 Å². The summed E-state index contributed by atoms with van der Waals surface area (Å²) in [6, 6.07) is 14.0. The van der Waals surface area contributed by atoms with Crippen LogP contribution in [0, 0.1) is 0 Å². The van der Waals surface area contributed by atoms with Crippen LogP contribution in [0.2, 0.25) is 0 Å². The number of hydrogen-bond acceptors (Lipinski definition) is 7. The number of anilines is 1. The number of benzene rings is 1. The van der Waals surface area contributed by atoms with Crippen molar-refractivity contribution in [3.8, 4) is 9.88 Å². The summed E-state index contributed by atoms with van der Waals surface area (Å²) in [4.78, 5) is 33.9. The number of carbonyl (C=O) groups is 2. The first-order valence-corrected chi connectivity index (χ1v) is 10.7. The Labute approximate surface area is 171 Å². The van der Waals surface area contributed by atoms with E-state index in [2.05, 4.69) is 22.0 Å². The van der Waals surface area contributed by atoms with Crippen LogP contribution in [0.4, 0.5) is 5.69 Å². The molecule has 0 spiro atoms. The fourth-order valence-corrected chi connectivity index (χ4v) is 4.63. The lowest BCUT2D eigenvalue weighted by Gasteiger charge is -2.36. The second-order valence-electron chi connectivity index (χ2n) is 6.29. The number of thiophene rings is 1. The first-order valence-electron chi connectivity index (χ1n) is 8.95. The molecule has 0 atom stereocenters. The third kappa shape index (κ3) is 4.23. The normalized spacial score (nSPS) is 14.1. The van der Waals surface area contributed by atoms with E-state index < -0.39 is 5.97 Å². The number of nitrogens with zero attached hydrogens (tertiary/aromatic N) is 3. The zero-order chi connectivity index (χ0) is 19.3. The Balaban J connectivity index is 1.26. The van der Waals surface area contributed by atoms with Gasteiger partial charge in [0.05, 0.1) is 4.88 Å². The summed E-state index contributed by atoms with van der Waals surface area (Å²) in [5.41, 5.74) is 1.40. The van der Waals surface area contributed by atoms with Crippen molar-refractivity contribution in [2.75, 3.05) is 37.7 Å². The highest BCUT2D eigenvalue weighted by Crippen LogP contribution is 2.28. The van der Waals surface area contributed by atoms with Crippen molar-refractivity contribution in [1.29, 1.82) is 0 Å². The molecule has 0 bridgehead atoms. The molecule has 3 heterocycles. The number of rotatable bonds is 5. The maximum absolute atomic E-state index is 12.4. The Morgan fingerprint density at radius 1 is 1.00 bits per heavy atom. The van der Waals surface area contributed by atoms with Crippen molar-refractivity contribution >= 4 is 40.2 Å².